The van der Waals surface area contributed by atoms with Crippen LogP contribution in [0.25, 0.3) is 0 Å². The molecule has 0 aromatic carbocycles. The Balaban J connectivity index is 0.00000116. The summed E-state index contributed by atoms with van der Waals surface area (Å²) in [4.78, 5) is 30.9. The van der Waals surface area contributed by atoms with Crippen LogP contribution >= 0.6 is 0 Å². The van der Waals surface area contributed by atoms with Crippen LogP contribution in [0.15, 0.2) is 12.2 Å². The second kappa shape index (κ2) is 7.54. The van der Waals surface area contributed by atoms with E-state index in [2.05, 4.69) is 13.5 Å². The Kier molecular flexibility index (Phi) is 6.29. The standard InChI is InChI=1S/C15H22O5.CH2O/c1-9(2)13(16)19-6-5-18-12-10(3)7-11-8-15(12,4)20-14(11)17;1-2/h10-12H,1,5-8H2,2-4H3;1H2. The van der Waals surface area contributed by atoms with Crippen LogP contribution in [0.4, 0.5) is 0 Å². The SMILES string of the molecule is C=C(C)C(=O)OCCOC1C(C)CC2CC1(C)OC2=O.C=O. The van der Waals surface area contributed by atoms with Crippen LogP contribution < -0.4 is 0 Å². The summed E-state index contributed by atoms with van der Waals surface area (Å²) in [6.45, 7) is 11.6. The normalized spacial score (nSPS) is 32.5. The topological polar surface area (TPSA) is 78.9 Å². The quantitative estimate of drug-likeness (QED) is 0.436. The summed E-state index contributed by atoms with van der Waals surface area (Å²) in [6.07, 6.45) is 1.37. The third-order valence-corrected chi connectivity index (χ3v) is 4.06. The molecule has 22 heavy (non-hydrogen) atoms. The van der Waals surface area contributed by atoms with Crippen molar-refractivity contribution in [3.63, 3.8) is 0 Å². The number of hydrogen-bond donors (Lipinski definition) is 0. The second-order valence-electron chi connectivity index (χ2n) is 6.06. The molecule has 0 aromatic heterocycles. The molecule has 1 saturated heterocycles. The van der Waals surface area contributed by atoms with E-state index in [4.69, 9.17) is 19.0 Å². The monoisotopic (exact) mass is 312 g/mol. The predicted octanol–water partition coefficient (Wildman–Crippen LogP) is 1.67. The van der Waals surface area contributed by atoms with Gasteiger partial charge in [0.05, 0.1) is 18.6 Å². The van der Waals surface area contributed by atoms with Crippen molar-refractivity contribution in [1.82, 2.24) is 0 Å². The van der Waals surface area contributed by atoms with E-state index >= 15 is 0 Å². The maximum Gasteiger partial charge on any atom is 0.333 e. The van der Waals surface area contributed by atoms with Crippen molar-refractivity contribution in [2.45, 2.75) is 45.3 Å². The van der Waals surface area contributed by atoms with Gasteiger partial charge in [-0.2, -0.15) is 0 Å². The third-order valence-electron chi connectivity index (χ3n) is 4.06. The molecule has 0 aromatic rings. The minimum atomic E-state index is -0.544. The fraction of sp³-hybridized carbons (Fsp3) is 0.688. The third kappa shape index (κ3) is 3.94. The zero-order chi connectivity index (χ0) is 16.9. The van der Waals surface area contributed by atoms with E-state index in [0.29, 0.717) is 18.6 Å². The van der Waals surface area contributed by atoms with E-state index in [1.807, 2.05) is 13.7 Å². The van der Waals surface area contributed by atoms with Crippen LogP contribution in [0, 0.1) is 11.8 Å². The fourth-order valence-electron chi connectivity index (χ4n) is 3.23. The van der Waals surface area contributed by atoms with E-state index < -0.39 is 11.6 Å². The first kappa shape index (κ1) is 18.4. The first-order valence-electron chi connectivity index (χ1n) is 7.29. The number of fused-ring (bicyclic) bond motifs is 2. The van der Waals surface area contributed by atoms with Gasteiger partial charge in [-0.3, -0.25) is 4.79 Å². The molecular formula is C16H24O6. The Labute approximate surface area is 130 Å². The number of rotatable bonds is 5. The molecule has 0 spiro atoms. The van der Waals surface area contributed by atoms with Crippen molar-refractivity contribution < 1.29 is 28.6 Å². The fourth-order valence-corrected chi connectivity index (χ4v) is 3.23. The van der Waals surface area contributed by atoms with Gasteiger partial charge < -0.3 is 19.0 Å². The highest BCUT2D eigenvalue weighted by atomic mass is 16.6. The first-order chi connectivity index (χ1) is 10.3. The van der Waals surface area contributed by atoms with Crippen LogP contribution in [-0.2, 0) is 28.6 Å². The average Bonchev–Trinajstić information content (AvgIpc) is 2.70. The van der Waals surface area contributed by atoms with E-state index in [-0.39, 0.29) is 30.5 Å². The van der Waals surface area contributed by atoms with Gasteiger partial charge in [-0.1, -0.05) is 13.5 Å². The van der Waals surface area contributed by atoms with Crippen LogP contribution in [0.1, 0.15) is 33.6 Å². The molecule has 1 heterocycles. The van der Waals surface area contributed by atoms with E-state index in [9.17, 15) is 9.59 Å². The molecule has 1 aliphatic carbocycles. The van der Waals surface area contributed by atoms with Gasteiger partial charge in [0.15, 0.2) is 0 Å². The molecule has 1 saturated carbocycles. The van der Waals surface area contributed by atoms with Gasteiger partial charge in [0.1, 0.15) is 19.0 Å². The maximum absolute atomic E-state index is 11.7. The van der Waals surface area contributed by atoms with Crippen molar-refractivity contribution in [1.29, 1.82) is 0 Å². The smallest absolute Gasteiger partial charge is 0.333 e. The molecule has 1 aliphatic heterocycles. The summed E-state index contributed by atoms with van der Waals surface area (Å²) in [5.74, 6) is -0.263. The van der Waals surface area contributed by atoms with Crippen molar-refractivity contribution in [3.8, 4) is 0 Å². The summed E-state index contributed by atoms with van der Waals surface area (Å²) in [5, 5.41) is 0. The van der Waals surface area contributed by atoms with Gasteiger partial charge in [-0.05, 0) is 26.2 Å². The Hall–Kier alpha value is -1.69. The molecule has 124 valence electrons. The lowest BCUT2D eigenvalue weighted by Gasteiger charge is -2.39. The predicted molar refractivity (Wildman–Crippen MR) is 79.0 cm³/mol. The Morgan fingerprint density at radius 1 is 1.41 bits per heavy atom. The lowest BCUT2D eigenvalue weighted by Crippen LogP contribution is -2.48. The molecular weight excluding hydrogens is 288 g/mol. The molecule has 4 atom stereocenters. The molecule has 6 nitrogen and oxygen atoms in total. The molecule has 2 fully saturated rings. The van der Waals surface area contributed by atoms with E-state index in [0.717, 1.165) is 6.42 Å². The van der Waals surface area contributed by atoms with Crippen LogP contribution in [0.2, 0.25) is 0 Å². The van der Waals surface area contributed by atoms with Gasteiger partial charge in [0.25, 0.3) is 0 Å². The molecule has 2 rings (SSSR count). The number of hydrogen-bond acceptors (Lipinski definition) is 6. The van der Waals surface area contributed by atoms with Gasteiger partial charge in [-0.25, -0.2) is 4.79 Å². The molecule has 2 aliphatic rings. The average molecular weight is 312 g/mol. The highest BCUT2D eigenvalue weighted by molar-refractivity contribution is 5.86. The van der Waals surface area contributed by atoms with Gasteiger partial charge in [0.2, 0.25) is 0 Å². The number of carbonyl (C=O) groups is 3. The summed E-state index contributed by atoms with van der Waals surface area (Å²) < 4.78 is 16.3. The maximum atomic E-state index is 11.7. The Morgan fingerprint density at radius 2 is 2.05 bits per heavy atom. The van der Waals surface area contributed by atoms with Crippen LogP contribution in [0.5, 0.6) is 0 Å². The van der Waals surface area contributed by atoms with E-state index in [1.54, 1.807) is 6.92 Å². The molecule has 6 heteroatoms. The molecule has 0 N–H and O–H groups in total. The highest BCUT2D eigenvalue weighted by Crippen LogP contribution is 2.46. The molecule has 0 radical (unpaired) electrons. The van der Waals surface area contributed by atoms with Gasteiger partial charge in [0, 0.05) is 12.0 Å². The Bertz CT molecular complexity index is 446. The molecule has 4 unspecified atom stereocenters. The summed E-state index contributed by atoms with van der Waals surface area (Å²) >= 11 is 0. The summed E-state index contributed by atoms with van der Waals surface area (Å²) in [7, 11) is 0. The largest absolute Gasteiger partial charge is 0.460 e. The minimum Gasteiger partial charge on any atom is -0.460 e. The number of ether oxygens (including phenoxy) is 3. The van der Waals surface area contributed by atoms with Gasteiger partial charge >= 0.3 is 11.9 Å². The zero-order valence-electron chi connectivity index (χ0n) is 13.4. The highest BCUT2D eigenvalue weighted by Gasteiger charge is 2.55. The lowest BCUT2D eigenvalue weighted by atomic mass is 9.74. The summed E-state index contributed by atoms with van der Waals surface area (Å²) in [5.41, 5.74) is -0.173. The van der Waals surface area contributed by atoms with Crippen molar-refractivity contribution in [3.05, 3.63) is 12.2 Å². The van der Waals surface area contributed by atoms with Gasteiger partial charge in [-0.15, -0.1) is 0 Å². The van der Waals surface area contributed by atoms with Crippen LogP contribution in [-0.4, -0.2) is 43.6 Å². The summed E-state index contributed by atoms with van der Waals surface area (Å²) in [6, 6.07) is 0. The van der Waals surface area contributed by atoms with Crippen molar-refractivity contribution >= 4 is 18.7 Å². The van der Waals surface area contributed by atoms with Crippen LogP contribution in [0.3, 0.4) is 0 Å². The van der Waals surface area contributed by atoms with Crippen molar-refractivity contribution in [2.24, 2.45) is 11.8 Å². The molecule has 0 amide bonds. The Morgan fingerprint density at radius 3 is 2.64 bits per heavy atom. The number of esters is 2. The van der Waals surface area contributed by atoms with E-state index in [1.165, 1.54) is 0 Å². The first-order valence-corrected chi connectivity index (χ1v) is 7.29. The zero-order valence-corrected chi connectivity index (χ0v) is 13.4. The minimum absolute atomic E-state index is 0.0103. The second-order valence-corrected chi connectivity index (χ2v) is 6.06. The molecule has 2 bridgehead atoms. The number of carbonyl (C=O) groups excluding carboxylic acids is 3. The lowest BCUT2D eigenvalue weighted by molar-refractivity contribution is -0.166. The van der Waals surface area contributed by atoms with Crippen molar-refractivity contribution in [2.75, 3.05) is 13.2 Å².